The first-order valence-corrected chi connectivity index (χ1v) is 14.0. The van der Waals surface area contributed by atoms with E-state index in [4.69, 9.17) is 9.47 Å². The zero-order valence-corrected chi connectivity index (χ0v) is 24.5. The number of halogens is 3. The maximum absolute atomic E-state index is 13.6. The van der Waals surface area contributed by atoms with Crippen LogP contribution >= 0.6 is 0 Å². The SMILES string of the molecule is CC(C)(C)OC(=O)C(C)(C)Oc1ccc(CCCC(=O)N(c2ccc(C(F)(F)F)cc2)c2cncnc2C2CC2)cc1. The lowest BCUT2D eigenvalue weighted by Gasteiger charge is -2.29. The second-order valence-electron chi connectivity index (χ2n) is 12.0. The predicted molar refractivity (Wildman–Crippen MR) is 153 cm³/mol. The number of anilines is 2. The zero-order valence-electron chi connectivity index (χ0n) is 24.5. The van der Waals surface area contributed by atoms with Gasteiger partial charge in [-0.15, -0.1) is 0 Å². The molecule has 0 aliphatic heterocycles. The third-order valence-electron chi connectivity index (χ3n) is 6.67. The van der Waals surface area contributed by atoms with E-state index in [0.717, 1.165) is 36.2 Å². The van der Waals surface area contributed by atoms with E-state index in [9.17, 15) is 22.8 Å². The molecule has 3 aromatic rings. The molecule has 0 bridgehead atoms. The van der Waals surface area contributed by atoms with Gasteiger partial charge in [-0.05, 0) is 102 Å². The van der Waals surface area contributed by atoms with Crippen molar-refractivity contribution in [2.45, 2.75) is 90.0 Å². The molecule has 0 atom stereocenters. The summed E-state index contributed by atoms with van der Waals surface area (Å²) in [6, 6.07) is 11.8. The number of alkyl halides is 3. The van der Waals surface area contributed by atoms with Crippen LogP contribution in [0.3, 0.4) is 0 Å². The molecule has 7 nitrogen and oxygen atoms in total. The molecule has 0 spiro atoms. The molecule has 1 heterocycles. The van der Waals surface area contributed by atoms with Crippen LogP contribution in [0.1, 0.15) is 83.0 Å². The van der Waals surface area contributed by atoms with Crippen LogP contribution in [0.4, 0.5) is 24.5 Å². The van der Waals surface area contributed by atoms with Crippen molar-refractivity contribution in [3.63, 3.8) is 0 Å². The highest BCUT2D eigenvalue weighted by atomic mass is 19.4. The summed E-state index contributed by atoms with van der Waals surface area (Å²) < 4.78 is 50.9. The molecular weight excluding hydrogens is 547 g/mol. The van der Waals surface area contributed by atoms with Gasteiger partial charge in [-0.3, -0.25) is 9.69 Å². The highest BCUT2D eigenvalue weighted by molar-refractivity contribution is 6.01. The summed E-state index contributed by atoms with van der Waals surface area (Å²) in [7, 11) is 0. The number of rotatable bonds is 10. The lowest BCUT2D eigenvalue weighted by molar-refractivity contribution is -0.171. The van der Waals surface area contributed by atoms with Crippen LogP contribution in [-0.4, -0.2) is 33.0 Å². The number of aromatic nitrogens is 2. The van der Waals surface area contributed by atoms with Gasteiger partial charge in [-0.2, -0.15) is 13.2 Å². The first-order valence-electron chi connectivity index (χ1n) is 14.0. The molecule has 4 rings (SSSR count). The Bertz CT molecular complexity index is 1390. The number of ether oxygens (including phenoxy) is 2. The Labute approximate surface area is 244 Å². The number of hydrogen-bond acceptors (Lipinski definition) is 6. The summed E-state index contributed by atoms with van der Waals surface area (Å²) in [4.78, 5) is 36.0. The number of esters is 1. The molecule has 0 N–H and O–H groups in total. The van der Waals surface area contributed by atoms with Crippen molar-refractivity contribution in [1.29, 1.82) is 0 Å². The van der Waals surface area contributed by atoms with Crippen molar-refractivity contribution in [2.75, 3.05) is 4.90 Å². The molecule has 0 radical (unpaired) electrons. The van der Waals surface area contributed by atoms with Crippen molar-refractivity contribution in [3.05, 3.63) is 77.9 Å². The minimum absolute atomic E-state index is 0.157. The van der Waals surface area contributed by atoms with E-state index in [1.807, 2.05) is 12.1 Å². The molecular formula is C32H36F3N3O4. The maximum Gasteiger partial charge on any atom is 0.416 e. The van der Waals surface area contributed by atoms with Gasteiger partial charge in [-0.25, -0.2) is 14.8 Å². The minimum atomic E-state index is -4.48. The van der Waals surface area contributed by atoms with E-state index in [0.29, 0.717) is 30.0 Å². The molecule has 42 heavy (non-hydrogen) atoms. The van der Waals surface area contributed by atoms with E-state index in [1.165, 1.54) is 23.4 Å². The third kappa shape index (κ3) is 8.08. The highest BCUT2D eigenvalue weighted by Crippen LogP contribution is 2.44. The standard InChI is InChI=1S/C32H36F3N3O4/c1-30(2,3)42-29(40)31(4,5)41-25-17-9-21(10-18-25)7-6-8-27(39)38(24-15-13-23(14-16-24)32(33,34)35)26-19-36-20-37-28(26)22-11-12-22/h9-10,13-20,22H,6-8,11-12H2,1-5H3. The second kappa shape index (κ2) is 12.1. The summed E-state index contributed by atoms with van der Waals surface area (Å²) in [6.07, 6.45) is 1.62. The topological polar surface area (TPSA) is 81.6 Å². The largest absolute Gasteiger partial charge is 0.476 e. The molecule has 1 saturated carbocycles. The van der Waals surface area contributed by atoms with Gasteiger partial charge in [0.2, 0.25) is 5.91 Å². The van der Waals surface area contributed by atoms with Crippen LogP contribution in [0, 0.1) is 0 Å². The second-order valence-corrected chi connectivity index (χ2v) is 12.0. The number of carbonyl (C=O) groups excluding carboxylic acids is 2. The molecule has 2 aromatic carbocycles. The lowest BCUT2D eigenvalue weighted by atomic mass is 10.1. The lowest BCUT2D eigenvalue weighted by Crippen LogP contribution is -2.43. The Morgan fingerprint density at radius 1 is 0.952 bits per heavy atom. The highest BCUT2D eigenvalue weighted by Gasteiger charge is 2.35. The fourth-order valence-electron chi connectivity index (χ4n) is 4.41. The molecule has 0 saturated heterocycles. The fourth-order valence-corrected chi connectivity index (χ4v) is 4.41. The van der Waals surface area contributed by atoms with E-state index in [-0.39, 0.29) is 18.2 Å². The summed E-state index contributed by atoms with van der Waals surface area (Å²) >= 11 is 0. The predicted octanol–water partition coefficient (Wildman–Crippen LogP) is 7.56. The number of amides is 1. The number of aryl methyl sites for hydroxylation is 1. The Hall–Kier alpha value is -3.95. The maximum atomic E-state index is 13.6. The molecule has 1 aliphatic rings. The van der Waals surface area contributed by atoms with Gasteiger partial charge in [0, 0.05) is 18.0 Å². The van der Waals surface area contributed by atoms with E-state index in [2.05, 4.69) is 9.97 Å². The van der Waals surface area contributed by atoms with Crippen LogP contribution in [-0.2, 0) is 26.9 Å². The van der Waals surface area contributed by atoms with Crippen molar-refractivity contribution in [2.24, 2.45) is 0 Å². The Morgan fingerprint density at radius 3 is 2.17 bits per heavy atom. The summed E-state index contributed by atoms with van der Waals surface area (Å²) in [5.41, 5.74) is -0.0708. The van der Waals surface area contributed by atoms with Crippen molar-refractivity contribution < 1.29 is 32.2 Å². The summed E-state index contributed by atoms with van der Waals surface area (Å²) in [6.45, 7) is 8.68. The van der Waals surface area contributed by atoms with Gasteiger partial charge in [0.15, 0.2) is 5.60 Å². The van der Waals surface area contributed by atoms with Crippen LogP contribution in [0.25, 0.3) is 0 Å². The number of benzene rings is 2. The Balaban J connectivity index is 1.43. The molecule has 10 heteroatoms. The van der Waals surface area contributed by atoms with Gasteiger partial charge in [-0.1, -0.05) is 12.1 Å². The third-order valence-corrected chi connectivity index (χ3v) is 6.67. The normalized spacial score (nSPS) is 13.9. The molecule has 224 valence electrons. The molecule has 0 unspecified atom stereocenters. The van der Waals surface area contributed by atoms with E-state index in [1.54, 1.807) is 52.9 Å². The van der Waals surface area contributed by atoms with Crippen LogP contribution < -0.4 is 9.64 Å². The Morgan fingerprint density at radius 2 is 1.60 bits per heavy atom. The first-order chi connectivity index (χ1) is 19.6. The van der Waals surface area contributed by atoms with Crippen LogP contribution in [0.15, 0.2) is 61.1 Å². The molecule has 1 amide bonds. The van der Waals surface area contributed by atoms with Crippen molar-refractivity contribution in [1.82, 2.24) is 9.97 Å². The van der Waals surface area contributed by atoms with Crippen LogP contribution in [0.2, 0.25) is 0 Å². The molecule has 1 fully saturated rings. The minimum Gasteiger partial charge on any atom is -0.476 e. The monoisotopic (exact) mass is 583 g/mol. The average molecular weight is 584 g/mol. The quantitative estimate of drug-likeness (QED) is 0.229. The van der Waals surface area contributed by atoms with E-state index < -0.39 is 28.9 Å². The van der Waals surface area contributed by atoms with Gasteiger partial charge in [0.05, 0.1) is 23.1 Å². The zero-order chi connectivity index (χ0) is 30.7. The fraction of sp³-hybridized carbons (Fsp3) is 0.438. The number of nitrogens with zero attached hydrogens (tertiary/aromatic N) is 3. The first kappa shape index (κ1) is 31.0. The summed E-state index contributed by atoms with van der Waals surface area (Å²) in [5, 5.41) is 0. The number of carbonyl (C=O) groups is 2. The number of hydrogen-bond donors (Lipinski definition) is 0. The van der Waals surface area contributed by atoms with Gasteiger partial charge in [0.1, 0.15) is 17.7 Å². The van der Waals surface area contributed by atoms with Gasteiger partial charge in [0.25, 0.3) is 0 Å². The van der Waals surface area contributed by atoms with Crippen LogP contribution in [0.5, 0.6) is 5.75 Å². The van der Waals surface area contributed by atoms with Gasteiger partial charge < -0.3 is 9.47 Å². The Kier molecular flexibility index (Phi) is 8.94. The average Bonchev–Trinajstić information content (AvgIpc) is 3.74. The van der Waals surface area contributed by atoms with Crippen molar-refractivity contribution in [3.8, 4) is 5.75 Å². The van der Waals surface area contributed by atoms with E-state index >= 15 is 0 Å². The van der Waals surface area contributed by atoms with Crippen molar-refractivity contribution >= 4 is 23.3 Å². The summed E-state index contributed by atoms with van der Waals surface area (Å²) in [5.74, 6) is -0.0148. The molecule has 1 aliphatic carbocycles. The smallest absolute Gasteiger partial charge is 0.416 e. The van der Waals surface area contributed by atoms with Gasteiger partial charge >= 0.3 is 12.1 Å². The molecule has 1 aromatic heterocycles.